The first-order valence-corrected chi connectivity index (χ1v) is 31.9. The lowest BCUT2D eigenvalue weighted by atomic mass is 10.0. The zero-order valence-corrected chi connectivity index (χ0v) is 58.0. The molecular formula is C72H67F15N7O16+. The molecule has 4 unspecified atom stereocenters. The number of alkyl halides is 9. The number of quaternary nitrogens is 1. The average Bonchev–Trinajstić information content (AvgIpc) is 1.61. The number of nitrogens with one attached hydrogen (secondary N) is 1. The Morgan fingerprint density at radius 2 is 0.982 bits per heavy atom. The molecule has 38 heteroatoms. The first-order valence-electron chi connectivity index (χ1n) is 31.9. The Morgan fingerprint density at radius 1 is 0.600 bits per heavy atom. The average molecular weight is 1570 g/mol. The van der Waals surface area contributed by atoms with Crippen LogP contribution in [0.5, 0.6) is 5.75 Å². The summed E-state index contributed by atoms with van der Waals surface area (Å²) in [7, 11) is 0.996. The molecule has 0 saturated heterocycles. The minimum Gasteiger partial charge on any atom is -0.507 e. The molecule has 0 bridgehead atoms. The van der Waals surface area contributed by atoms with Gasteiger partial charge < -0.3 is 55.9 Å². The maximum atomic E-state index is 14.0. The van der Waals surface area contributed by atoms with Crippen LogP contribution in [-0.2, 0) is 43.0 Å². The molecule has 23 nitrogen and oxygen atoms in total. The van der Waals surface area contributed by atoms with E-state index in [0.29, 0.717) is 21.0 Å². The number of methoxy groups -OCH3 is 1. The SMILES string of the molecule is CC(=O)NC1CC=C(c2cccc(F)c2F)CN(CC(F)(F)F)C1=O.COC(=O)C(OC(=O)c1ccc(C)cc1)C(OC(=O)c1ccc(C)cc1)C(=O)O.NC1CC=C(c2cccc(F)c2F)CN(CC(F)(F)F)C1=O.O=Cc1cc([N+](=O)[O-])ccc1O.[NH3+][C@H]1CC=C(c2cccc(F)c2F)CN(CC(F)(F)F)C1=O. The highest BCUT2D eigenvalue weighted by Gasteiger charge is 2.43. The Balaban J connectivity index is 0.000000251. The van der Waals surface area contributed by atoms with Gasteiger partial charge in [0.05, 0.1) is 34.8 Å². The van der Waals surface area contributed by atoms with Gasteiger partial charge in [-0.05, 0) is 91.9 Å². The molecule has 590 valence electrons. The lowest BCUT2D eigenvalue weighted by molar-refractivity contribution is -0.404. The molecule has 3 aliphatic rings. The van der Waals surface area contributed by atoms with Crippen LogP contribution in [0, 0.1) is 58.9 Å². The van der Waals surface area contributed by atoms with Crippen LogP contribution in [0.4, 0.5) is 71.5 Å². The van der Waals surface area contributed by atoms with Crippen molar-refractivity contribution >= 4 is 76.2 Å². The van der Waals surface area contributed by atoms with Gasteiger partial charge in [-0.3, -0.25) is 34.1 Å². The number of carbonyl (C=O) groups excluding carboxylic acids is 8. The first-order chi connectivity index (χ1) is 51.3. The van der Waals surface area contributed by atoms with Crippen molar-refractivity contribution in [2.24, 2.45) is 5.73 Å². The highest BCUT2D eigenvalue weighted by atomic mass is 19.4. The number of rotatable bonds is 16. The lowest BCUT2D eigenvalue weighted by Gasteiger charge is -2.26. The third-order valence-corrected chi connectivity index (χ3v) is 15.6. The van der Waals surface area contributed by atoms with Crippen LogP contribution in [-0.4, -0.2) is 179 Å². The summed E-state index contributed by atoms with van der Waals surface area (Å²) < 4.78 is 210. The van der Waals surface area contributed by atoms with Crippen molar-refractivity contribution in [3.63, 3.8) is 0 Å². The minimum atomic E-state index is -4.67. The molecule has 0 saturated carbocycles. The largest absolute Gasteiger partial charge is 0.507 e. The summed E-state index contributed by atoms with van der Waals surface area (Å²) in [4.78, 5) is 117. The van der Waals surface area contributed by atoms with Gasteiger partial charge in [-0.2, -0.15) is 39.5 Å². The number of phenols is 1. The topological polar surface area (TPSA) is 340 Å². The van der Waals surface area contributed by atoms with Gasteiger partial charge in [-0.1, -0.05) is 90.0 Å². The molecule has 5 atom stereocenters. The third-order valence-electron chi connectivity index (χ3n) is 15.6. The Labute approximate surface area is 614 Å². The van der Waals surface area contributed by atoms with Gasteiger partial charge in [0.1, 0.15) is 31.4 Å². The number of aromatic hydroxyl groups is 1. The van der Waals surface area contributed by atoms with Gasteiger partial charge in [0, 0.05) is 61.8 Å². The molecular weight excluding hydrogens is 1500 g/mol. The normalized spacial score (nSPS) is 16.5. The molecule has 0 aromatic heterocycles. The van der Waals surface area contributed by atoms with E-state index < -0.39 is 175 Å². The van der Waals surface area contributed by atoms with Crippen molar-refractivity contribution in [1.29, 1.82) is 0 Å². The molecule has 9 rings (SSSR count). The maximum Gasteiger partial charge on any atom is 0.406 e. The van der Waals surface area contributed by atoms with E-state index in [1.807, 2.05) is 13.8 Å². The Bertz CT molecular complexity index is 4350. The van der Waals surface area contributed by atoms with Crippen LogP contribution < -0.4 is 16.8 Å². The molecule has 110 heavy (non-hydrogen) atoms. The number of carboxylic acids is 1. The second kappa shape index (κ2) is 39.2. The number of nitro groups is 1. The summed E-state index contributed by atoms with van der Waals surface area (Å²) in [5.41, 5.74) is 10.4. The number of hydrogen-bond donors (Lipinski definition) is 5. The zero-order valence-electron chi connectivity index (χ0n) is 58.0. The van der Waals surface area contributed by atoms with Gasteiger partial charge in [0.2, 0.25) is 29.9 Å². The highest BCUT2D eigenvalue weighted by Crippen LogP contribution is 2.32. The third kappa shape index (κ3) is 26.5. The van der Waals surface area contributed by atoms with Crippen LogP contribution in [0.3, 0.4) is 0 Å². The Morgan fingerprint density at radius 3 is 1.35 bits per heavy atom. The van der Waals surface area contributed by atoms with Gasteiger partial charge >= 0.3 is 42.4 Å². The Kier molecular flexibility index (Phi) is 31.6. The highest BCUT2D eigenvalue weighted by molar-refractivity contribution is 5.96. The van der Waals surface area contributed by atoms with Crippen LogP contribution in [0.1, 0.15) is 85.1 Å². The molecule has 0 aliphatic carbocycles. The molecule has 0 radical (unpaired) electrons. The molecule has 0 fully saturated rings. The lowest BCUT2D eigenvalue weighted by Crippen LogP contribution is -2.67. The summed E-state index contributed by atoms with van der Waals surface area (Å²) in [6, 6.07) is 22.6. The summed E-state index contributed by atoms with van der Waals surface area (Å²) in [6.45, 7) is -1.21. The number of nitro benzene ring substituents is 1. The second-order valence-corrected chi connectivity index (χ2v) is 24.0. The predicted octanol–water partition coefficient (Wildman–Crippen LogP) is 10.3. The number of non-ortho nitro benzene ring substituents is 1. The van der Waals surface area contributed by atoms with E-state index in [1.165, 1.54) is 78.9 Å². The van der Waals surface area contributed by atoms with E-state index in [9.17, 15) is 124 Å². The van der Waals surface area contributed by atoms with Crippen molar-refractivity contribution in [1.82, 2.24) is 20.0 Å². The number of carboxylic acid groups (broad SMARTS) is 1. The van der Waals surface area contributed by atoms with Gasteiger partial charge in [0.25, 0.3) is 11.6 Å². The zero-order chi connectivity index (χ0) is 82.4. The fourth-order valence-electron chi connectivity index (χ4n) is 10.2. The number of nitrogens with two attached hydrogens (primary N) is 1. The number of benzene rings is 6. The number of esters is 3. The van der Waals surface area contributed by atoms with E-state index in [2.05, 4.69) is 15.8 Å². The number of aryl methyl sites for hydroxylation is 2. The smallest absolute Gasteiger partial charge is 0.406 e. The van der Waals surface area contributed by atoms with E-state index in [1.54, 1.807) is 24.3 Å². The molecule has 0 spiro atoms. The van der Waals surface area contributed by atoms with Crippen LogP contribution in [0.2, 0.25) is 0 Å². The summed E-state index contributed by atoms with van der Waals surface area (Å²) in [6.07, 6.45) is -13.5. The number of aldehydes is 1. The fraction of sp³-hybridized carbons (Fsp3) is 0.292. The number of halogens is 15. The summed E-state index contributed by atoms with van der Waals surface area (Å²) in [5, 5.41) is 30.9. The standard InChI is InChI=1S/C21H20O8.C16H15F5N2O2.2C14H13F5N2O.C7H5NO4/c1-12-4-8-14(9-5-12)19(24)28-16(18(22)23)17(21(26)27-3)29-20(25)15-10-6-13(2)7-11-15;1-9(24)22-13-6-5-10(11-3-2-4-12(17)14(11)18)7-23(15(13)25)8-16(19,20)21;2*15-10-3-1-2-9(12(10)16)8-4-5-11(20)13(22)21(6-8)7-14(17,18)19;9-4-5-3-6(8(11)12)1-2-7(5)10/h4-11,16-17H,1-3H3,(H,22,23);2-5,13H,6-8H2,1H3,(H,22,24);2*1-4,11H,5-7,20H2;1-4,10H/p+1/t;;11-;;/m..0../s1. The van der Waals surface area contributed by atoms with Crippen LogP contribution >= 0.6 is 0 Å². The summed E-state index contributed by atoms with van der Waals surface area (Å²) >= 11 is 0. The van der Waals surface area contributed by atoms with Crippen molar-refractivity contribution in [3.8, 4) is 5.75 Å². The predicted molar refractivity (Wildman–Crippen MR) is 358 cm³/mol. The van der Waals surface area contributed by atoms with Crippen LogP contribution in [0.25, 0.3) is 16.7 Å². The van der Waals surface area contributed by atoms with E-state index in [-0.39, 0.29) is 80.8 Å². The van der Waals surface area contributed by atoms with E-state index in [4.69, 9.17) is 20.3 Å². The number of hydrogen-bond acceptors (Lipinski definition) is 16. The molecule has 6 aromatic rings. The van der Waals surface area contributed by atoms with Crippen molar-refractivity contribution in [2.45, 2.75) is 88.9 Å². The quantitative estimate of drug-likeness (QED) is 0.0150. The van der Waals surface area contributed by atoms with Crippen LogP contribution in [0.15, 0.2) is 140 Å². The van der Waals surface area contributed by atoms with Crippen molar-refractivity contribution in [3.05, 3.63) is 229 Å². The minimum absolute atomic E-state index is 0.0432. The van der Waals surface area contributed by atoms with E-state index in [0.717, 1.165) is 61.6 Å². The number of aliphatic carboxylic acids is 1. The first kappa shape index (κ1) is 88.7. The van der Waals surface area contributed by atoms with Gasteiger partial charge in [-0.25, -0.2) is 45.5 Å². The number of nitrogens with zero attached hydrogens (tertiary/aromatic N) is 4. The van der Waals surface area contributed by atoms with E-state index >= 15 is 0 Å². The number of carbonyl (C=O) groups is 9. The molecule has 3 heterocycles. The molecule has 4 amide bonds. The number of amides is 4. The summed E-state index contributed by atoms with van der Waals surface area (Å²) in [5.74, 6) is -15.1. The van der Waals surface area contributed by atoms with Crippen molar-refractivity contribution in [2.75, 3.05) is 46.4 Å². The monoisotopic (exact) mass is 1570 g/mol. The van der Waals surface area contributed by atoms with Gasteiger partial charge in [0.15, 0.2) is 47.2 Å². The number of phenolic OH excluding ortho intramolecular Hbond substituents is 1. The Hall–Kier alpha value is -12.0. The van der Waals surface area contributed by atoms with Crippen molar-refractivity contribution < 1.29 is 144 Å². The van der Waals surface area contributed by atoms with Gasteiger partial charge in [-0.15, -0.1) is 0 Å². The fourth-order valence-corrected chi connectivity index (χ4v) is 10.2. The molecule has 8 N–H and O–H groups in total. The maximum absolute atomic E-state index is 14.0. The number of ether oxygens (including phenoxy) is 3. The molecule has 6 aromatic carbocycles. The molecule has 3 aliphatic heterocycles. The second-order valence-electron chi connectivity index (χ2n) is 24.0.